The van der Waals surface area contributed by atoms with Crippen LogP contribution >= 0.6 is 0 Å². The van der Waals surface area contributed by atoms with E-state index in [-0.39, 0.29) is 30.1 Å². The van der Waals surface area contributed by atoms with E-state index in [4.69, 9.17) is 0 Å². The van der Waals surface area contributed by atoms with Crippen molar-refractivity contribution in [2.45, 2.75) is 26.7 Å². The van der Waals surface area contributed by atoms with E-state index in [0.29, 0.717) is 18.8 Å². The van der Waals surface area contributed by atoms with Crippen LogP contribution in [0.1, 0.15) is 24.5 Å². The van der Waals surface area contributed by atoms with Crippen molar-refractivity contribution in [3.05, 3.63) is 53.6 Å². The number of carbonyl (C=O) groups is 3. The van der Waals surface area contributed by atoms with Crippen LogP contribution in [0.4, 0.5) is 17.1 Å². The molecule has 0 aliphatic carbocycles. The third-order valence-corrected chi connectivity index (χ3v) is 5.46. The minimum Gasteiger partial charge on any atom is -0.326 e. The molecule has 1 saturated heterocycles. The highest BCUT2D eigenvalue weighted by Crippen LogP contribution is 2.31. The van der Waals surface area contributed by atoms with Crippen LogP contribution in [0.5, 0.6) is 0 Å². The molecule has 0 radical (unpaired) electrons. The Bertz CT molecular complexity index is 952. The Labute approximate surface area is 164 Å². The Balaban J connectivity index is 1.44. The summed E-state index contributed by atoms with van der Waals surface area (Å²) in [5.74, 6) is -0.536. The number of benzene rings is 2. The summed E-state index contributed by atoms with van der Waals surface area (Å²) in [6.45, 7) is 4.61. The van der Waals surface area contributed by atoms with Crippen molar-refractivity contribution in [3.8, 4) is 0 Å². The predicted octanol–water partition coefficient (Wildman–Crippen LogP) is 2.90. The molecule has 6 heteroatoms. The first kappa shape index (κ1) is 18.2. The van der Waals surface area contributed by atoms with E-state index in [1.54, 1.807) is 16.7 Å². The van der Waals surface area contributed by atoms with Crippen molar-refractivity contribution in [2.75, 3.05) is 28.2 Å². The molecule has 0 spiro atoms. The zero-order valence-electron chi connectivity index (χ0n) is 16.1. The summed E-state index contributed by atoms with van der Waals surface area (Å²) >= 11 is 0. The van der Waals surface area contributed by atoms with E-state index in [1.165, 1.54) is 0 Å². The molecule has 3 amide bonds. The van der Waals surface area contributed by atoms with E-state index in [1.807, 2.05) is 49.4 Å². The third kappa shape index (κ3) is 3.38. The van der Waals surface area contributed by atoms with Crippen LogP contribution in [0.15, 0.2) is 42.5 Å². The Hall–Kier alpha value is -3.15. The van der Waals surface area contributed by atoms with Gasteiger partial charge in [0.25, 0.3) is 0 Å². The van der Waals surface area contributed by atoms with Crippen LogP contribution in [0.3, 0.4) is 0 Å². The summed E-state index contributed by atoms with van der Waals surface area (Å²) in [4.78, 5) is 40.2. The normalized spacial score (nSPS) is 18.4. The Morgan fingerprint density at radius 2 is 1.86 bits per heavy atom. The van der Waals surface area contributed by atoms with E-state index in [0.717, 1.165) is 28.9 Å². The Morgan fingerprint density at radius 3 is 2.57 bits per heavy atom. The van der Waals surface area contributed by atoms with Gasteiger partial charge in [-0.3, -0.25) is 14.4 Å². The smallest absolute Gasteiger partial charge is 0.229 e. The molecule has 144 valence electrons. The maximum absolute atomic E-state index is 12.7. The van der Waals surface area contributed by atoms with Gasteiger partial charge in [0.05, 0.1) is 5.92 Å². The van der Waals surface area contributed by atoms with Crippen molar-refractivity contribution < 1.29 is 14.4 Å². The summed E-state index contributed by atoms with van der Waals surface area (Å²) < 4.78 is 0. The molecular weight excluding hydrogens is 354 g/mol. The quantitative estimate of drug-likeness (QED) is 0.894. The Kier molecular flexibility index (Phi) is 4.63. The zero-order chi connectivity index (χ0) is 19.8. The van der Waals surface area contributed by atoms with Crippen LogP contribution in [0, 0.1) is 12.8 Å². The summed E-state index contributed by atoms with van der Waals surface area (Å²) in [6, 6.07) is 13.4. The first-order valence-electron chi connectivity index (χ1n) is 9.51. The minimum absolute atomic E-state index is 0.0243. The van der Waals surface area contributed by atoms with E-state index in [2.05, 4.69) is 5.32 Å². The summed E-state index contributed by atoms with van der Waals surface area (Å²) in [7, 11) is 0. The van der Waals surface area contributed by atoms with Gasteiger partial charge in [0.2, 0.25) is 17.7 Å². The summed E-state index contributed by atoms with van der Waals surface area (Å²) in [5.41, 5.74) is 4.62. The molecule has 0 bridgehead atoms. The third-order valence-electron chi connectivity index (χ3n) is 5.46. The van der Waals surface area contributed by atoms with E-state index in [9.17, 15) is 14.4 Å². The highest BCUT2D eigenvalue weighted by molar-refractivity contribution is 6.03. The second-order valence-corrected chi connectivity index (χ2v) is 7.49. The van der Waals surface area contributed by atoms with Gasteiger partial charge in [0, 0.05) is 43.5 Å². The molecule has 0 aromatic heterocycles. The van der Waals surface area contributed by atoms with Gasteiger partial charge in [-0.05, 0) is 49.2 Å². The van der Waals surface area contributed by atoms with Gasteiger partial charge in [-0.2, -0.15) is 0 Å². The van der Waals surface area contributed by atoms with Gasteiger partial charge in [-0.1, -0.05) is 17.7 Å². The molecule has 28 heavy (non-hydrogen) atoms. The lowest BCUT2D eigenvalue weighted by atomic mass is 10.1. The average molecular weight is 377 g/mol. The number of rotatable bonds is 3. The maximum atomic E-state index is 12.7. The fourth-order valence-corrected chi connectivity index (χ4v) is 3.91. The number of hydrogen-bond acceptors (Lipinski definition) is 3. The molecule has 2 aromatic carbocycles. The second kappa shape index (κ2) is 7.11. The van der Waals surface area contributed by atoms with Crippen LogP contribution in [-0.2, 0) is 20.8 Å². The maximum Gasteiger partial charge on any atom is 0.229 e. The molecule has 1 unspecified atom stereocenters. The van der Waals surface area contributed by atoms with Crippen molar-refractivity contribution in [1.82, 2.24) is 0 Å². The second-order valence-electron chi connectivity index (χ2n) is 7.49. The molecule has 2 aliphatic rings. The topological polar surface area (TPSA) is 69.7 Å². The van der Waals surface area contributed by atoms with Crippen molar-refractivity contribution in [3.63, 3.8) is 0 Å². The fourth-order valence-electron chi connectivity index (χ4n) is 3.91. The number of nitrogens with one attached hydrogen (secondary N) is 1. The number of anilines is 3. The first-order chi connectivity index (χ1) is 13.4. The highest BCUT2D eigenvalue weighted by atomic mass is 16.2. The van der Waals surface area contributed by atoms with Crippen molar-refractivity contribution >= 4 is 34.8 Å². The summed E-state index contributed by atoms with van der Waals surface area (Å²) in [6.07, 6.45) is 0.991. The molecule has 1 fully saturated rings. The van der Waals surface area contributed by atoms with Gasteiger partial charge in [0.15, 0.2) is 0 Å². The number of carbonyl (C=O) groups excluding carboxylic acids is 3. The lowest BCUT2D eigenvalue weighted by Gasteiger charge is -2.17. The van der Waals surface area contributed by atoms with E-state index < -0.39 is 0 Å². The monoisotopic (exact) mass is 377 g/mol. The molecule has 1 atom stereocenters. The summed E-state index contributed by atoms with van der Waals surface area (Å²) in [5, 5.41) is 2.94. The molecule has 2 heterocycles. The molecule has 1 N–H and O–H groups in total. The largest absolute Gasteiger partial charge is 0.326 e. The lowest BCUT2D eigenvalue weighted by molar-refractivity contribution is -0.122. The van der Waals surface area contributed by atoms with Gasteiger partial charge >= 0.3 is 0 Å². The number of fused-ring (bicyclic) bond motifs is 1. The molecule has 2 aliphatic heterocycles. The van der Waals surface area contributed by atoms with Gasteiger partial charge in [-0.15, -0.1) is 0 Å². The van der Waals surface area contributed by atoms with Crippen molar-refractivity contribution in [1.29, 1.82) is 0 Å². The van der Waals surface area contributed by atoms with Gasteiger partial charge in [0.1, 0.15) is 0 Å². The number of amides is 3. The van der Waals surface area contributed by atoms with Crippen LogP contribution in [0.25, 0.3) is 0 Å². The van der Waals surface area contributed by atoms with Crippen LogP contribution < -0.4 is 15.1 Å². The molecule has 2 aromatic rings. The van der Waals surface area contributed by atoms with Gasteiger partial charge < -0.3 is 15.1 Å². The lowest BCUT2D eigenvalue weighted by Crippen LogP contribution is -2.28. The van der Waals surface area contributed by atoms with E-state index >= 15 is 0 Å². The highest BCUT2D eigenvalue weighted by Gasteiger charge is 2.35. The number of hydrogen-bond donors (Lipinski definition) is 1. The SMILES string of the molecule is CC(=O)N1CCc2cc(NC(=O)C3CC(=O)N(c4ccc(C)cc4)C3)ccc21. The average Bonchev–Trinajstić information content (AvgIpc) is 3.26. The van der Waals surface area contributed by atoms with Crippen LogP contribution in [0.2, 0.25) is 0 Å². The zero-order valence-corrected chi connectivity index (χ0v) is 16.1. The predicted molar refractivity (Wildman–Crippen MR) is 108 cm³/mol. The molecule has 4 rings (SSSR count). The van der Waals surface area contributed by atoms with Crippen LogP contribution in [-0.4, -0.2) is 30.8 Å². The molecule has 0 saturated carbocycles. The van der Waals surface area contributed by atoms with Crippen molar-refractivity contribution in [2.24, 2.45) is 5.92 Å². The molecular formula is C22H23N3O3. The molecule has 6 nitrogen and oxygen atoms in total. The number of nitrogens with zero attached hydrogens (tertiary/aromatic N) is 2. The minimum atomic E-state index is -0.379. The first-order valence-corrected chi connectivity index (χ1v) is 9.51. The number of aryl methyl sites for hydroxylation is 1. The standard InChI is InChI=1S/C22H23N3O3/c1-14-3-6-19(7-4-14)25-13-17(12-21(25)27)22(28)23-18-5-8-20-16(11-18)9-10-24(20)15(2)26/h3-8,11,17H,9-10,12-13H2,1-2H3,(H,23,28). The van der Waals surface area contributed by atoms with Gasteiger partial charge in [-0.25, -0.2) is 0 Å². The fraction of sp³-hybridized carbons (Fsp3) is 0.318. The Morgan fingerprint density at radius 1 is 1.11 bits per heavy atom.